The van der Waals surface area contributed by atoms with Gasteiger partial charge < -0.3 is 10.3 Å². The van der Waals surface area contributed by atoms with Crippen LogP contribution in [-0.2, 0) is 16.2 Å². The molecule has 188 valence electrons. The van der Waals surface area contributed by atoms with Crippen molar-refractivity contribution in [1.82, 2.24) is 19.9 Å². The molecule has 8 nitrogen and oxygen atoms in total. The number of sulfonamides is 1. The first-order valence-corrected chi connectivity index (χ1v) is 12.4. The molecule has 0 aliphatic carbocycles. The highest BCUT2D eigenvalue weighted by Gasteiger charge is 2.31. The van der Waals surface area contributed by atoms with Crippen molar-refractivity contribution in [3.8, 4) is 11.4 Å². The second-order valence-electron chi connectivity index (χ2n) is 8.16. The quantitative estimate of drug-likeness (QED) is 0.255. The number of anilines is 3. The van der Waals surface area contributed by atoms with Gasteiger partial charge in [0.2, 0.25) is 0 Å². The molecule has 12 heteroatoms. The lowest BCUT2D eigenvalue weighted by atomic mass is 10.2. The van der Waals surface area contributed by atoms with E-state index >= 15 is 0 Å². The van der Waals surface area contributed by atoms with Crippen LogP contribution in [0.2, 0.25) is 0 Å². The first-order valence-electron chi connectivity index (χ1n) is 10.9. The lowest BCUT2D eigenvalue weighted by Gasteiger charge is -2.15. The van der Waals surface area contributed by atoms with Crippen LogP contribution in [0, 0.1) is 6.92 Å². The average molecular weight is 525 g/mol. The number of pyridine rings is 1. The van der Waals surface area contributed by atoms with Crippen LogP contribution in [-0.4, -0.2) is 28.4 Å². The summed E-state index contributed by atoms with van der Waals surface area (Å²) >= 11 is 0. The minimum Gasteiger partial charge on any atom is -0.357 e. The Labute approximate surface area is 209 Å². The summed E-state index contributed by atoms with van der Waals surface area (Å²) < 4.78 is 67.3. The molecule has 5 aromatic rings. The number of aromatic nitrogens is 4. The normalized spacial score (nSPS) is 12.0. The van der Waals surface area contributed by atoms with Gasteiger partial charge in [-0.3, -0.25) is 9.71 Å². The summed E-state index contributed by atoms with van der Waals surface area (Å²) in [6.45, 7) is 1.82. The van der Waals surface area contributed by atoms with Crippen LogP contribution in [0.25, 0.3) is 22.4 Å². The number of H-pyrrole nitrogens is 1. The highest BCUT2D eigenvalue weighted by atomic mass is 32.2. The fraction of sp³-hybridized carbons (Fsp3) is 0.0800. The van der Waals surface area contributed by atoms with Crippen molar-refractivity contribution in [2.45, 2.75) is 18.0 Å². The number of hydrogen-bond acceptors (Lipinski definition) is 6. The Hall–Kier alpha value is -4.45. The maximum absolute atomic E-state index is 13.1. The average Bonchev–Trinajstić information content (AvgIpc) is 3.35. The molecule has 0 bridgehead atoms. The minimum absolute atomic E-state index is 0.162. The highest BCUT2D eigenvalue weighted by Crippen LogP contribution is 2.32. The van der Waals surface area contributed by atoms with Crippen molar-refractivity contribution in [2.24, 2.45) is 0 Å². The third kappa shape index (κ3) is 5.09. The van der Waals surface area contributed by atoms with E-state index in [1.807, 2.05) is 13.0 Å². The minimum atomic E-state index is -4.66. The molecule has 0 spiro atoms. The van der Waals surface area contributed by atoms with Gasteiger partial charge in [0.15, 0.2) is 11.6 Å². The smallest absolute Gasteiger partial charge is 0.357 e. The zero-order chi connectivity index (χ0) is 26.2. The number of rotatable bonds is 6. The van der Waals surface area contributed by atoms with Gasteiger partial charge in [0.1, 0.15) is 5.52 Å². The summed E-state index contributed by atoms with van der Waals surface area (Å²) in [5.41, 5.74) is 2.45. The van der Waals surface area contributed by atoms with Crippen LogP contribution in [0.4, 0.5) is 30.4 Å². The topological polar surface area (TPSA) is 113 Å². The SMILES string of the molecule is Cc1ccc(NS(=O)(=O)c2cccc(C(F)(F)F)c2)cc1Nc1nc(-c2cccnc2)nc2cc[nH]c12. The van der Waals surface area contributed by atoms with Crippen molar-refractivity contribution >= 4 is 38.2 Å². The molecule has 0 saturated heterocycles. The molecule has 3 N–H and O–H groups in total. The van der Waals surface area contributed by atoms with Crippen molar-refractivity contribution < 1.29 is 21.6 Å². The monoisotopic (exact) mass is 524 g/mol. The van der Waals surface area contributed by atoms with Crippen LogP contribution in [0.5, 0.6) is 0 Å². The van der Waals surface area contributed by atoms with Crippen molar-refractivity contribution in [1.29, 1.82) is 0 Å². The summed E-state index contributed by atoms with van der Waals surface area (Å²) in [5.74, 6) is 0.900. The predicted octanol–water partition coefficient (Wildman–Crippen LogP) is 5.89. The van der Waals surface area contributed by atoms with Gasteiger partial charge in [-0.25, -0.2) is 18.4 Å². The molecular weight excluding hydrogens is 505 g/mol. The lowest BCUT2D eigenvalue weighted by Crippen LogP contribution is -2.15. The second kappa shape index (κ2) is 9.21. The molecule has 2 aromatic carbocycles. The fourth-order valence-electron chi connectivity index (χ4n) is 3.66. The first kappa shape index (κ1) is 24.3. The summed E-state index contributed by atoms with van der Waals surface area (Å²) in [6, 6.07) is 13.7. The van der Waals surface area contributed by atoms with E-state index in [-0.39, 0.29) is 5.69 Å². The van der Waals surface area contributed by atoms with Gasteiger partial charge in [-0.05, 0) is 61.0 Å². The van der Waals surface area contributed by atoms with Crippen LogP contribution in [0.3, 0.4) is 0 Å². The van der Waals surface area contributed by atoms with Crippen LogP contribution >= 0.6 is 0 Å². The van der Waals surface area contributed by atoms with E-state index in [0.717, 1.165) is 23.8 Å². The second-order valence-corrected chi connectivity index (χ2v) is 9.84. The Morgan fingerprint density at radius 2 is 1.81 bits per heavy atom. The van der Waals surface area contributed by atoms with E-state index in [1.165, 1.54) is 6.07 Å². The molecule has 3 heterocycles. The Morgan fingerprint density at radius 3 is 2.57 bits per heavy atom. The fourth-order valence-corrected chi connectivity index (χ4v) is 4.76. The number of aryl methyl sites for hydroxylation is 1. The predicted molar refractivity (Wildman–Crippen MR) is 134 cm³/mol. The molecule has 0 atom stereocenters. The molecule has 0 unspecified atom stereocenters. The number of nitrogens with one attached hydrogen (secondary N) is 3. The number of hydrogen-bond donors (Lipinski definition) is 3. The zero-order valence-corrected chi connectivity index (χ0v) is 20.0. The molecule has 0 aliphatic heterocycles. The summed E-state index contributed by atoms with van der Waals surface area (Å²) in [4.78, 5) is 15.9. The van der Waals surface area contributed by atoms with Crippen LogP contribution in [0.1, 0.15) is 11.1 Å². The van der Waals surface area contributed by atoms with Gasteiger partial charge in [-0.2, -0.15) is 13.2 Å². The van der Waals surface area contributed by atoms with E-state index in [9.17, 15) is 21.6 Å². The largest absolute Gasteiger partial charge is 0.416 e. The van der Waals surface area contributed by atoms with Crippen molar-refractivity contribution in [3.05, 3.63) is 90.4 Å². The van der Waals surface area contributed by atoms with Gasteiger partial charge in [-0.15, -0.1) is 0 Å². The Kier molecular flexibility index (Phi) is 6.04. The Balaban J connectivity index is 1.48. The van der Waals surface area contributed by atoms with Crippen molar-refractivity contribution in [2.75, 3.05) is 10.0 Å². The highest BCUT2D eigenvalue weighted by molar-refractivity contribution is 7.92. The number of alkyl halides is 3. The number of fused-ring (bicyclic) bond motifs is 1. The molecule has 0 aliphatic rings. The standard InChI is InChI=1S/C25H19F3N6O2S/c1-15-7-8-18(34-37(35,36)19-6-2-5-17(12-19)25(26,27)28)13-21(15)32-24-22-20(9-11-30-22)31-23(33-24)16-4-3-10-29-14-16/h2-14,30,34H,1H3,(H,31,32,33). The van der Waals surface area contributed by atoms with Gasteiger partial charge in [0.25, 0.3) is 10.0 Å². The number of aromatic amines is 1. The molecule has 37 heavy (non-hydrogen) atoms. The molecule has 0 amide bonds. The molecular formula is C25H19F3N6O2S. The third-order valence-electron chi connectivity index (χ3n) is 5.54. The summed E-state index contributed by atoms with van der Waals surface area (Å²) in [6.07, 6.45) is 0.352. The van der Waals surface area contributed by atoms with Crippen LogP contribution < -0.4 is 10.0 Å². The maximum Gasteiger partial charge on any atom is 0.416 e. The zero-order valence-electron chi connectivity index (χ0n) is 19.2. The van der Waals surface area contributed by atoms with Gasteiger partial charge in [-0.1, -0.05) is 12.1 Å². The molecule has 3 aromatic heterocycles. The Bertz CT molecular complexity index is 1700. The van der Waals surface area contributed by atoms with E-state index in [4.69, 9.17) is 0 Å². The number of halogens is 3. The maximum atomic E-state index is 13.1. The molecule has 5 rings (SSSR count). The molecule has 0 radical (unpaired) electrons. The lowest BCUT2D eigenvalue weighted by molar-refractivity contribution is -0.137. The van der Waals surface area contributed by atoms with Gasteiger partial charge in [0.05, 0.1) is 21.7 Å². The van der Waals surface area contributed by atoms with Crippen LogP contribution in [0.15, 0.2) is 84.1 Å². The summed E-state index contributed by atoms with van der Waals surface area (Å²) in [5, 5.41) is 3.22. The van der Waals surface area contributed by atoms with Crippen molar-refractivity contribution in [3.63, 3.8) is 0 Å². The molecule has 0 saturated carbocycles. The third-order valence-corrected chi connectivity index (χ3v) is 6.92. The Morgan fingerprint density at radius 1 is 0.973 bits per heavy atom. The molecule has 0 fully saturated rings. The van der Waals surface area contributed by atoms with Gasteiger partial charge >= 0.3 is 6.18 Å². The number of nitrogens with zero attached hydrogens (tertiary/aromatic N) is 3. The first-order chi connectivity index (χ1) is 17.6. The van der Waals surface area contributed by atoms with Gasteiger partial charge in [0, 0.05) is 29.8 Å². The van der Waals surface area contributed by atoms with E-state index < -0.39 is 26.7 Å². The number of benzene rings is 2. The van der Waals surface area contributed by atoms with E-state index in [2.05, 4.69) is 30.0 Å². The summed E-state index contributed by atoms with van der Waals surface area (Å²) in [7, 11) is -4.28. The van der Waals surface area contributed by atoms with E-state index in [0.29, 0.717) is 40.0 Å². The van der Waals surface area contributed by atoms with E-state index in [1.54, 1.807) is 42.9 Å².